The molecule has 0 saturated heterocycles. The van der Waals surface area contributed by atoms with E-state index in [0.29, 0.717) is 0 Å². The fourth-order valence-electron chi connectivity index (χ4n) is 1.22. The molecule has 0 aliphatic rings. The summed E-state index contributed by atoms with van der Waals surface area (Å²) >= 11 is 2.98. The highest BCUT2D eigenvalue weighted by molar-refractivity contribution is 9.08. The zero-order valence-electron chi connectivity index (χ0n) is 8.11. The van der Waals surface area contributed by atoms with E-state index in [9.17, 15) is 18.9 Å². The van der Waals surface area contributed by atoms with Crippen LogP contribution in [0.15, 0.2) is 6.20 Å². The number of pyridine rings is 1. The Labute approximate surface area is 97.7 Å². The van der Waals surface area contributed by atoms with Gasteiger partial charge in [0.2, 0.25) is 0 Å². The first-order chi connectivity index (χ1) is 7.52. The molecule has 0 atom stereocenters. The van der Waals surface area contributed by atoms with Crippen molar-refractivity contribution in [3.8, 4) is 5.75 Å². The normalized spacial score (nSPS) is 10.6. The molecule has 0 aliphatic heterocycles. The van der Waals surface area contributed by atoms with Gasteiger partial charge < -0.3 is 14.9 Å². The number of hydrogen-bond acceptors (Lipinski definition) is 4. The van der Waals surface area contributed by atoms with E-state index in [1.54, 1.807) is 0 Å². The van der Waals surface area contributed by atoms with E-state index >= 15 is 0 Å². The van der Waals surface area contributed by atoms with Gasteiger partial charge in [-0.2, -0.15) is 0 Å². The molecule has 0 bridgehead atoms. The molecule has 0 N–H and O–H groups in total. The summed E-state index contributed by atoms with van der Waals surface area (Å²) in [6, 6.07) is 0. The maximum atomic E-state index is 12.6. The summed E-state index contributed by atoms with van der Waals surface area (Å²) in [5.74, 6) is -0.688. The lowest BCUT2D eigenvalue weighted by atomic mass is 10.2. The van der Waals surface area contributed by atoms with Crippen molar-refractivity contribution in [2.45, 2.75) is 11.8 Å². The molecule has 0 aliphatic carbocycles. The van der Waals surface area contributed by atoms with E-state index in [2.05, 4.69) is 20.9 Å². The Morgan fingerprint density at radius 2 is 2.31 bits per heavy atom. The fraction of sp³-hybridized carbons (Fsp3) is 0.375. The van der Waals surface area contributed by atoms with E-state index in [1.165, 1.54) is 7.11 Å². The molecular weight excluding hydrogens is 290 g/mol. The molecule has 1 aromatic heterocycles. The third kappa shape index (κ3) is 2.26. The number of hydrogen-bond donors (Lipinski definition) is 0. The summed E-state index contributed by atoms with van der Waals surface area (Å²) in [7, 11) is 1.18. The summed E-state index contributed by atoms with van der Waals surface area (Å²) in [4.78, 5) is 13.3. The maximum absolute atomic E-state index is 12.6. The SMILES string of the molecule is COc1c(C(F)F)cnc([N+](=O)[O-])c1CBr. The topological polar surface area (TPSA) is 65.3 Å². The average molecular weight is 297 g/mol. The summed E-state index contributed by atoms with van der Waals surface area (Å²) in [6.07, 6.45) is -2.03. The second kappa shape index (κ2) is 5.15. The molecule has 5 nitrogen and oxygen atoms in total. The molecular formula is C8H7BrF2N2O3. The Morgan fingerprint density at radius 3 is 2.69 bits per heavy atom. The zero-order valence-corrected chi connectivity index (χ0v) is 9.70. The van der Waals surface area contributed by atoms with Crippen molar-refractivity contribution >= 4 is 21.7 Å². The van der Waals surface area contributed by atoms with Crippen LogP contribution in [0.4, 0.5) is 14.6 Å². The number of methoxy groups -OCH3 is 1. The molecule has 0 saturated carbocycles. The Bertz CT molecular complexity index is 415. The lowest BCUT2D eigenvalue weighted by Gasteiger charge is -2.09. The minimum absolute atomic E-state index is 0.00491. The van der Waals surface area contributed by atoms with Crippen molar-refractivity contribution in [3.63, 3.8) is 0 Å². The third-order valence-electron chi connectivity index (χ3n) is 1.88. The Morgan fingerprint density at radius 1 is 1.69 bits per heavy atom. The van der Waals surface area contributed by atoms with Gasteiger partial charge >= 0.3 is 5.82 Å². The first kappa shape index (κ1) is 12.8. The van der Waals surface area contributed by atoms with Gasteiger partial charge in [0.25, 0.3) is 6.43 Å². The standard InChI is InChI=1S/C8H7BrF2N2O3/c1-16-6-4(2-9)8(13(14)15)12-3-5(6)7(10)11/h3,7H,2H2,1H3. The van der Waals surface area contributed by atoms with Crippen molar-refractivity contribution in [1.82, 2.24) is 4.98 Å². The predicted octanol–water partition coefficient (Wildman–Crippen LogP) is 2.83. The van der Waals surface area contributed by atoms with Crippen LogP contribution in [0.25, 0.3) is 0 Å². The Balaban J connectivity index is 3.46. The first-order valence-corrected chi connectivity index (χ1v) is 5.19. The van der Waals surface area contributed by atoms with Crippen molar-refractivity contribution < 1.29 is 18.4 Å². The minimum atomic E-state index is -2.79. The van der Waals surface area contributed by atoms with E-state index in [4.69, 9.17) is 4.74 Å². The molecule has 1 rings (SSSR count). The smallest absolute Gasteiger partial charge is 0.371 e. The summed E-state index contributed by atoms with van der Waals surface area (Å²) < 4.78 is 29.9. The predicted molar refractivity (Wildman–Crippen MR) is 55.0 cm³/mol. The lowest BCUT2D eigenvalue weighted by molar-refractivity contribution is -0.390. The second-order valence-electron chi connectivity index (χ2n) is 2.74. The van der Waals surface area contributed by atoms with Gasteiger partial charge in [-0.1, -0.05) is 15.9 Å². The van der Waals surface area contributed by atoms with Crippen LogP contribution < -0.4 is 4.74 Å². The van der Waals surface area contributed by atoms with Crippen molar-refractivity contribution in [2.75, 3.05) is 7.11 Å². The molecule has 1 heterocycles. The van der Waals surface area contributed by atoms with Crippen LogP contribution in [0.1, 0.15) is 17.6 Å². The molecule has 0 spiro atoms. The molecule has 88 valence electrons. The highest BCUT2D eigenvalue weighted by Gasteiger charge is 2.26. The molecule has 0 unspecified atom stereocenters. The van der Waals surface area contributed by atoms with E-state index < -0.39 is 22.7 Å². The van der Waals surface area contributed by atoms with Gasteiger partial charge in [-0.15, -0.1) is 0 Å². The van der Waals surface area contributed by atoms with Gasteiger partial charge in [0.05, 0.1) is 7.11 Å². The van der Waals surface area contributed by atoms with Crippen LogP contribution in [0.3, 0.4) is 0 Å². The Kier molecular flexibility index (Phi) is 4.11. The molecule has 0 amide bonds. The number of ether oxygens (including phenoxy) is 1. The number of halogens is 3. The van der Waals surface area contributed by atoms with Crippen molar-refractivity contribution in [2.24, 2.45) is 0 Å². The largest absolute Gasteiger partial charge is 0.495 e. The van der Waals surface area contributed by atoms with Crippen LogP contribution in [0.2, 0.25) is 0 Å². The fourth-order valence-corrected chi connectivity index (χ4v) is 1.72. The first-order valence-electron chi connectivity index (χ1n) is 4.07. The molecule has 1 aromatic rings. The lowest BCUT2D eigenvalue weighted by Crippen LogP contribution is -2.03. The number of nitrogens with zero attached hydrogens (tertiary/aromatic N) is 2. The zero-order chi connectivity index (χ0) is 12.3. The molecule has 0 fully saturated rings. The minimum Gasteiger partial charge on any atom is -0.495 e. The number of alkyl halides is 3. The van der Waals surface area contributed by atoms with E-state index in [1.807, 2.05) is 0 Å². The molecule has 16 heavy (non-hydrogen) atoms. The summed E-state index contributed by atoms with van der Waals surface area (Å²) in [5.41, 5.74) is -0.451. The maximum Gasteiger partial charge on any atom is 0.371 e. The van der Waals surface area contributed by atoms with Gasteiger partial charge in [-0.05, 0) is 9.91 Å². The summed E-state index contributed by atoms with van der Waals surface area (Å²) in [5, 5.41) is 10.6. The Hall–Kier alpha value is -1.31. The number of nitro groups is 1. The van der Waals surface area contributed by atoms with Crippen LogP contribution in [0.5, 0.6) is 5.75 Å². The van der Waals surface area contributed by atoms with Gasteiger partial charge in [-0.25, -0.2) is 8.78 Å². The van der Waals surface area contributed by atoms with Gasteiger partial charge in [-0.3, -0.25) is 0 Å². The summed E-state index contributed by atoms with van der Waals surface area (Å²) in [6.45, 7) is 0. The monoisotopic (exact) mass is 296 g/mol. The molecule has 0 aromatic carbocycles. The van der Waals surface area contributed by atoms with Crippen LogP contribution in [-0.4, -0.2) is 17.0 Å². The van der Waals surface area contributed by atoms with E-state index in [-0.39, 0.29) is 16.6 Å². The third-order valence-corrected chi connectivity index (χ3v) is 2.44. The van der Waals surface area contributed by atoms with Crippen LogP contribution in [-0.2, 0) is 5.33 Å². The molecule has 8 heteroatoms. The highest BCUT2D eigenvalue weighted by atomic mass is 79.9. The quantitative estimate of drug-likeness (QED) is 0.487. The average Bonchev–Trinajstić information content (AvgIpc) is 2.26. The van der Waals surface area contributed by atoms with Crippen molar-refractivity contribution in [3.05, 3.63) is 27.4 Å². The molecule has 0 radical (unpaired) electrons. The highest BCUT2D eigenvalue weighted by Crippen LogP contribution is 2.36. The second-order valence-corrected chi connectivity index (χ2v) is 3.30. The van der Waals surface area contributed by atoms with Crippen LogP contribution >= 0.6 is 15.9 Å². The van der Waals surface area contributed by atoms with Gasteiger partial charge in [0, 0.05) is 5.33 Å². The van der Waals surface area contributed by atoms with Crippen LogP contribution in [0, 0.1) is 10.1 Å². The van der Waals surface area contributed by atoms with Gasteiger partial charge in [0.15, 0.2) is 6.20 Å². The van der Waals surface area contributed by atoms with E-state index in [0.717, 1.165) is 6.20 Å². The number of rotatable bonds is 4. The van der Waals surface area contributed by atoms with Crippen molar-refractivity contribution in [1.29, 1.82) is 0 Å². The number of aromatic nitrogens is 1. The van der Waals surface area contributed by atoms with Gasteiger partial charge in [0.1, 0.15) is 16.9 Å².